The van der Waals surface area contributed by atoms with Crippen LogP contribution in [0.2, 0.25) is 0 Å². The number of carbonyl (C=O) groups excluding carboxylic acids is 1. The summed E-state index contributed by atoms with van der Waals surface area (Å²) in [5.74, 6) is 0.918. The van der Waals surface area contributed by atoms with Crippen molar-refractivity contribution in [1.82, 2.24) is 4.98 Å². The number of carbonyl (C=O) groups is 1. The zero-order valence-corrected chi connectivity index (χ0v) is 12.1. The lowest BCUT2D eigenvalue weighted by atomic mass is 10.2. The third-order valence-electron chi connectivity index (χ3n) is 2.66. The summed E-state index contributed by atoms with van der Waals surface area (Å²) in [6.07, 6.45) is 0. The Morgan fingerprint density at radius 1 is 1.15 bits per heavy atom. The number of ether oxygens (including phenoxy) is 2. The van der Waals surface area contributed by atoms with E-state index in [1.54, 1.807) is 31.0 Å². The van der Waals surface area contributed by atoms with Gasteiger partial charge in [0.1, 0.15) is 0 Å². The maximum absolute atomic E-state index is 11.7. The van der Waals surface area contributed by atoms with Gasteiger partial charge in [0.25, 0.3) is 0 Å². The van der Waals surface area contributed by atoms with E-state index in [4.69, 9.17) is 9.47 Å². The number of pyridine rings is 1. The number of thioether (sulfide) groups is 1. The van der Waals surface area contributed by atoms with Crippen LogP contribution >= 0.6 is 11.8 Å². The van der Waals surface area contributed by atoms with Gasteiger partial charge in [0.2, 0.25) is 5.88 Å². The fraction of sp³-hybridized carbons (Fsp3) is 0.200. The van der Waals surface area contributed by atoms with Crippen LogP contribution in [0.25, 0.3) is 0 Å². The Labute approximate surface area is 122 Å². The van der Waals surface area contributed by atoms with Gasteiger partial charge < -0.3 is 9.47 Å². The van der Waals surface area contributed by atoms with Crippen molar-refractivity contribution in [3.05, 3.63) is 53.7 Å². The van der Waals surface area contributed by atoms with Crippen LogP contribution in [-0.4, -0.2) is 25.2 Å². The minimum atomic E-state index is -0.327. The molecule has 0 aliphatic heterocycles. The fourth-order valence-electron chi connectivity index (χ4n) is 1.67. The number of esters is 1. The Kier molecular flexibility index (Phi) is 5.01. The van der Waals surface area contributed by atoms with E-state index in [1.165, 1.54) is 7.11 Å². The molecule has 0 saturated carbocycles. The van der Waals surface area contributed by atoms with E-state index in [2.05, 4.69) is 4.98 Å². The van der Waals surface area contributed by atoms with E-state index in [0.29, 0.717) is 17.2 Å². The molecule has 2 rings (SSSR count). The molecule has 0 atom stereocenters. The molecule has 0 N–H and O–H groups in total. The molecule has 0 unspecified atom stereocenters. The molecular weight excluding hydrogens is 274 g/mol. The zero-order valence-electron chi connectivity index (χ0n) is 11.3. The van der Waals surface area contributed by atoms with Crippen LogP contribution in [0, 0.1) is 0 Å². The summed E-state index contributed by atoms with van der Waals surface area (Å²) in [4.78, 5) is 16.9. The van der Waals surface area contributed by atoms with Crippen molar-refractivity contribution in [2.75, 3.05) is 14.2 Å². The van der Waals surface area contributed by atoms with Gasteiger partial charge in [-0.05, 0) is 18.2 Å². The highest BCUT2D eigenvalue weighted by atomic mass is 32.2. The van der Waals surface area contributed by atoms with Gasteiger partial charge in [0.15, 0.2) is 0 Å². The normalized spacial score (nSPS) is 10.1. The zero-order chi connectivity index (χ0) is 14.4. The minimum absolute atomic E-state index is 0.327. The number of hydrogen-bond acceptors (Lipinski definition) is 5. The Hall–Kier alpha value is -2.01. The Morgan fingerprint density at radius 3 is 2.70 bits per heavy atom. The predicted octanol–water partition coefficient (Wildman–Crippen LogP) is 3.17. The van der Waals surface area contributed by atoms with Gasteiger partial charge in [-0.1, -0.05) is 18.2 Å². The maximum atomic E-state index is 11.7. The van der Waals surface area contributed by atoms with Crippen molar-refractivity contribution < 1.29 is 14.3 Å². The molecule has 0 spiro atoms. The topological polar surface area (TPSA) is 48.4 Å². The SMILES string of the molecule is COC(=O)c1ccccc1SCc1cccc(OC)n1. The molecule has 1 aromatic carbocycles. The average molecular weight is 289 g/mol. The Morgan fingerprint density at radius 2 is 1.95 bits per heavy atom. The first-order valence-corrected chi connectivity index (χ1v) is 7.03. The highest BCUT2D eigenvalue weighted by Gasteiger charge is 2.11. The summed E-state index contributed by atoms with van der Waals surface area (Å²) >= 11 is 1.54. The van der Waals surface area contributed by atoms with E-state index in [9.17, 15) is 4.79 Å². The molecule has 0 bridgehead atoms. The van der Waals surface area contributed by atoms with E-state index >= 15 is 0 Å². The van der Waals surface area contributed by atoms with Gasteiger partial charge in [0.05, 0.1) is 25.5 Å². The number of hydrogen-bond donors (Lipinski definition) is 0. The predicted molar refractivity (Wildman–Crippen MR) is 78.1 cm³/mol. The van der Waals surface area contributed by atoms with Gasteiger partial charge in [0, 0.05) is 16.7 Å². The lowest BCUT2D eigenvalue weighted by Crippen LogP contribution is -2.02. The molecule has 5 heteroatoms. The molecule has 1 heterocycles. The molecule has 0 fully saturated rings. The van der Waals surface area contributed by atoms with Crippen molar-refractivity contribution in [3.63, 3.8) is 0 Å². The van der Waals surface area contributed by atoms with Crippen molar-refractivity contribution in [1.29, 1.82) is 0 Å². The molecule has 1 aromatic heterocycles. The van der Waals surface area contributed by atoms with E-state index < -0.39 is 0 Å². The third-order valence-corrected chi connectivity index (χ3v) is 3.77. The van der Waals surface area contributed by atoms with E-state index in [0.717, 1.165) is 10.6 Å². The second-order valence-corrected chi connectivity index (χ2v) is 4.96. The molecule has 104 valence electrons. The van der Waals surface area contributed by atoms with Crippen LogP contribution in [0.15, 0.2) is 47.4 Å². The second-order valence-electron chi connectivity index (χ2n) is 3.95. The van der Waals surface area contributed by atoms with Crippen molar-refractivity contribution >= 4 is 17.7 Å². The number of benzene rings is 1. The summed E-state index contributed by atoms with van der Waals surface area (Å²) < 4.78 is 9.87. The van der Waals surface area contributed by atoms with Crippen LogP contribution < -0.4 is 4.74 Å². The van der Waals surface area contributed by atoms with Crippen LogP contribution in [0.5, 0.6) is 5.88 Å². The van der Waals surface area contributed by atoms with Gasteiger partial charge in [-0.25, -0.2) is 9.78 Å². The minimum Gasteiger partial charge on any atom is -0.481 e. The first-order chi connectivity index (χ1) is 9.74. The molecule has 20 heavy (non-hydrogen) atoms. The van der Waals surface area contributed by atoms with E-state index in [1.807, 2.05) is 30.3 Å². The van der Waals surface area contributed by atoms with Crippen LogP contribution in [0.3, 0.4) is 0 Å². The summed E-state index contributed by atoms with van der Waals surface area (Å²) in [5.41, 5.74) is 1.47. The summed E-state index contributed by atoms with van der Waals surface area (Å²) in [6.45, 7) is 0. The van der Waals surface area contributed by atoms with Gasteiger partial charge in [-0.3, -0.25) is 0 Å². The van der Waals surface area contributed by atoms with Gasteiger partial charge in [-0.15, -0.1) is 11.8 Å². The molecular formula is C15H15NO3S. The number of aromatic nitrogens is 1. The molecule has 4 nitrogen and oxygen atoms in total. The summed E-state index contributed by atoms with van der Waals surface area (Å²) in [7, 11) is 2.97. The summed E-state index contributed by atoms with van der Waals surface area (Å²) in [6, 6.07) is 13.0. The summed E-state index contributed by atoms with van der Waals surface area (Å²) in [5, 5.41) is 0. The van der Waals surface area contributed by atoms with Crippen LogP contribution in [0.4, 0.5) is 0 Å². The second kappa shape index (κ2) is 6.96. The van der Waals surface area contributed by atoms with E-state index in [-0.39, 0.29) is 5.97 Å². The van der Waals surface area contributed by atoms with Crippen LogP contribution in [0.1, 0.15) is 16.1 Å². The maximum Gasteiger partial charge on any atom is 0.338 e. The largest absolute Gasteiger partial charge is 0.481 e. The average Bonchev–Trinajstić information content (AvgIpc) is 2.52. The van der Waals surface area contributed by atoms with Gasteiger partial charge in [-0.2, -0.15) is 0 Å². The molecule has 0 amide bonds. The first kappa shape index (κ1) is 14.4. The smallest absolute Gasteiger partial charge is 0.338 e. The van der Waals surface area contributed by atoms with Crippen molar-refractivity contribution in [2.45, 2.75) is 10.6 Å². The first-order valence-electron chi connectivity index (χ1n) is 6.04. The number of nitrogens with zero attached hydrogens (tertiary/aromatic N) is 1. The molecule has 0 saturated heterocycles. The Balaban J connectivity index is 2.12. The lowest BCUT2D eigenvalue weighted by Gasteiger charge is -2.07. The lowest BCUT2D eigenvalue weighted by molar-refractivity contribution is 0.0597. The third kappa shape index (κ3) is 3.51. The van der Waals surface area contributed by atoms with Crippen molar-refractivity contribution in [2.24, 2.45) is 0 Å². The number of rotatable bonds is 5. The molecule has 0 aliphatic rings. The van der Waals surface area contributed by atoms with Crippen molar-refractivity contribution in [3.8, 4) is 5.88 Å². The Bertz CT molecular complexity index is 601. The molecule has 0 aliphatic carbocycles. The molecule has 2 aromatic rings. The highest BCUT2D eigenvalue weighted by molar-refractivity contribution is 7.98. The standard InChI is InChI=1S/C15H15NO3S/c1-18-14-9-5-6-11(16-14)10-20-13-8-4-3-7-12(13)15(17)19-2/h3-9H,10H2,1-2H3. The number of methoxy groups -OCH3 is 2. The quantitative estimate of drug-likeness (QED) is 0.625. The van der Waals surface area contributed by atoms with Gasteiger partial charge >= 0.3 is 5.97 Å². The van der Waals surface area contributed by atoms with Crippen LogP contribution in [-0.2, 0) is 10.5 Å². The fourth-order valence-corrected chi connectivity index (χ4v) is 2.62. The monoisotopic (exact) mass is 289 g/mol. The molecule has 0 radical (unpaired) electrons. The highest BCUT2D eigenvalue weighted by Crippen LogP contribution is 2.26.